The molecular formula is C23H22N4O2. The predicted molar refractivity (Wildman–Crippen MR) is 114 cm³/mol. The van der Waals surface area contributed by atoms with Gasteiger partial charge in [-0.3, -0.25) is 4.79 Å². The van der Waals surface area contributed by atoms with Crippen molar-refractivity contribution in [3.8, 4) is 11.4 Å². The van der Waals surface area contributed by atoms with Crippen LogP contribution in [0.1, 0.15) is 28.4 Å². The van der Waals surface area contributed by atoms with E-state index in [1.807, 2.05) is 49.4 Å². The van der Waals surface area contributed by atoms with E-state index in [9.17, 15) is 4.79 Å². The molecule has 1 heterocycles. The Kier molecular flexibility index (Phi) is 4.99. The Morgan fingerprint density at radius 1 is 1.03 bits per heavy atom. The lowest BCUT2D eigenvalue weighted by molar-refractivity contribution is 0.102. The summed E-state index contributed by atoms with van der Waals surface area (Å²) in [5.74, 6) is 0.347. The van der Waals surface area contributed by atoms with Gasteiger partial charge in [0.05, 0.1) is 18.4 Å². The number of fused-ring (bicyclic) bond motifs is 1. The normalized spacial score (nSPS) is 10.9. The standard InChI is InChI=1S/C23H22N4O2/c1-4-16-8-11-18(12-9-16)27-25-20-13-10-17(14-21(20)26-27)24-23(28)19-7-5-6-15(2)22(19)29-3/h5-14H,4H2,1-3H3,(H,24,28). The summed E-state index contributed by atoms with van der Waals surface area (Å²) in [6, 6.07) is 19.1. The van der Waals surface area contributed by atoms with Crippen LogP contribution in [0.15, 0.2) is 60.7 Å². The smallest absolute Gasteiger partial charge is 0.259 e. The van der Waals surface area contributed by atoms with Gasteiger partial charge in [0.15, 0.2) is 0 Å². The number of para-hydroxylation sites is 1. The van der Waals surface area contributed by atoms with Crippen molar-refractivity contribution in [1.82, 2.24) is 15.0 Å². The van der Waals surface area contributed by atoms with Crippen LogP contribution in [0.25, 0.3) is 16.7 Å². The molecule has 29 heavy (non-hydrogen) atoms. The number of amides is 1. The molecule has 0 atom stereocenters. The molecule has 0 unspecified atom stereocenters. The number of aromatic nitrogens is 3. The first-order valence-corrected chi connectivity index (χ1v) is 9.50. The monoisotopic (exact) mass is 386 g/mol. The third-order valence-corrected chi connectivity index (χ3v) is 4.87. The molecule has 0 radical (unpaired) electrons. The largest absolute Gasteiger partial charge is 0.496 e. The Bertz CT molecular complexity index is 1180. The average Bonchev–Trinajstić information content (AvgIpc) is 3.17. The Balaban J connectivity index is 1.61. The second-order valence-corrected chi connectivity index (χ2v) is 6.82. The number of ether oxygens (including phenoxy) is 1. The molecule has 3 aromatic carbocycles. The number of nitrogens with zero attached hydrogens (tertiary/aromatic N) is 3. The zero-order valence-corrected chi connectivity index (χ0v) is 16.6. The zero-order chi connectivity index (χ0) is 20.4. The van der Waals surface area contributed by atoms with Crippen LogP contribution in [-0.4, -0.2) is 28.0 Å². The molecule has 4 aromatic rings. The van der Waals surface area contributed by atoms with E-state index in [2.05, 4.69) is 34.6 Å². The van der Waals surface area contributed by atoms with Crippen molar-refractivity contribution in [2.24, 2.45) is 0 Å². The van der Waals surface area contributed by atoms with E-state index in [1.165, 1.54) is 5.56 Å². The van der Waals surface area contributed by atoms with Gasteiger partial charge >= 0.3 is 0 Å². The summed E-state index contributed by atoms with van der Waals surface area (Å²) >= 11 is 0. The number of benzene rings is 3. The van der Waals surface area contributed by atoms with E-state index < -0.39 is 0 Å². The fraction of sp³-hybridized carbons (Fsp3) is 0.174. The number of hydrogen-bond acceptors (Lipinski definition) is 4. The topological polar surface area (TPSA) is 69.0 Å². The van der Waals surface area contributed by atoms with Gasteiger partial charge in [0, 0.05) is 5.69 Å². The zero-order valence-electron chi connectivity index (χ0n) is 16.6. The van der Waals surface area contributed by atoms with E-state index in [-0.39, 0.29) is 5.91 Å². The van der Waals surface area contributed by atoms with Crippen LogP contribution in [-0.2, 0) is 6.42 Å². The third kappa shape index (κ3) is 3.69. The van der Waals surface area contributed by atoms with Gasteiger partial charge < -0.3 is 10.1 Å². The van der Waals surface area contributed by atoms with Gasteiger partial charge in [-0.25, -0.2) is 0 Å². The highest BCUT2D eigenvalue weighted by molar-refractivity contribution is 6.07. The molecule has 0 aliphatic carbocycles. The molecule has 1 amide bonds. The van der Waals surface area contributed by atoms with E-state index in [0.717, 1.165) is 23.2 Å². The molecule has 4 rings (SSSR count). The van der Waals surface area contributed by atoms with Crippen molar-refractivity contribution in [3.05, 3.63) is 77.4 Å². The number of hydrogen-bond donors (Lipinski definition) is 1. The number of methoxy groups -OCH3 is 1. The van der Waals surface area contributed by atoms with E-state index >= 15 is 0 Å². The second kappa shape index (κ2) is 7.75. The minimum atomic E-state index is -0.229. The molecule has 146 valence electrons. The SMILES string of the molecule is CCc1ccc(-n2nc3ccc(NC(=O)c4cccc(C)c4OC)cc3n2)cc1. The fourth-order valence-corrected chi connectivity index (χ4v) is 3.27. The van der Waals surface area contributed by atoms with Crippen LogP contribution in [0, 0.1) is 6.92 Å². The summed E-state index contributed by atoms with van der Waals surface area (Å²) in [5, 5.41) is 12.0. The molecule has 0 saturated carbocycles. The highest BCUT2D eigenvalue weighted by Gasteiger charge is 2.15. The lowest BCUT2D eigenvalue weighted by Crippen LogP contribution is -2.13. The molecule has 0 spiro atoms. The van der Waals surface area contributed by atoms with Gasteiger partial charge in [-0.05, 0) is 60.9 Å². The average molecular weight is 386 g/mol. The van der Waals surface area contributed by atoms with Gasteiger partial charge in [0.2, 0.25) is 0 Å². The molecule has 0 aliphatic rings. The number of nitrogens with one attached hydrogen (secondary N) is 1. The van der Waals surface area contributed by atoms with Crippen LogP contribution in [0.5, 0.6) is 5.75 Å². The number of anilines is 1. The highest BCUT2D eigenvalue weighted by Crippen LogP contribution is 2.25. The molecule has 6 heteroatoms. The quantitative estimate of drug-likeness (QED) is 0.546. The third-order valence-electron chi connectivity index (χ3n) is 4.87. The lowest BCUT2D eigenvalue weighted by Gasteiger charge is -2.11. The first-order chi connectivity index (χ1) is 14.1. The molecule has 0 fully saturated rings. The van der Waals surface area contributed by atoms with Crippen molar-refractivity contribution in [1.29, 1.82) is 0 Å². The van der Waals surface area contributed by atoms with Crippen LogP contribution in [0.4, 0.5) is 5.69 Å². The Morgan fingerprint density at radius 2 is 1.79 bits per heavy atom. The van der Waals surface area contributed by atoms with Crippen molar-refractivity contribution < 1.29 is 9.53 Å². The molecule has 0 saturated heterocycles. The minimum Gasteiger partial charge on any atom is -0.496 e. The van der Waals surface area contributed by atoms with Gasteiger partial charge in [-0.2, -0.15) is 4.80 Å². The molecule has 1 aromatic heterocycles. The summed E-state index contributed by atoms with van der Waals surface area (Å²) < 4.78 is 5.39. The maximum Gasteiger partial charge on any atom is 0.259 e. The minimum absolute atomic E-state index is 0.229. The van der Waals surface area contributed by atoms with Gasteiger partial charge in [-0.1, -0.05) is 31.2 Å². The Hall–Kier alpha value is -3.67. The maximum absolute atomic E-state index is 12.7. The van der Waals surface area contributed by atoms with Gasteiger partial charge in [0.25, 0.3) is 5.91 Å². The number of carbonyl (C=O) groups excluding carboxylic acids is 1. The summed E-state index contributed by atoms with van der Waals surface area (Å²) in [6.07, 6.45) is 0.990. The number of carbonyl (C=O) groups is 1. The Labute approximate surface area is 169 Å². The first-order valence-electron chi connectivity index (χ1n) is 9.50. The van der Waals surface area contributed by atoms with E-state index in [0.29, 0.717) is 22.5 Å². The van der Waals surface area contributed by atoms with E-state index in [4.69, 9.17) is 4.74 Å². The first kappa shape index (κ1) is 18.7. The van der Waals surface area contributed by atoms with Crippen LogP contribution in [0.3, 0.4) is 0 Å². The lowest BCUT2D eigenvalue weighted by atomic mass is 10.1. The van der Waals surface area contributed by atoms with Crippen molar-refractivity contribution in [2.75, 3.05) is 12.4 Å². The molecule has 0 aliphatic heterocycles. The number of aryl methyl sites for hydroxylation is 2. The molecule has 1 N–H and O–H groups in total. The summed E-state index contributed by atoms with van der Waals surface area (Å²) in [7, 11) is 1.57. The number of rotatable bonds is 5. The summed E-state index contributed by atoms with van der Waals surface area (Å²) in [4.78, 5) is 14.3. The van der Waals surface area contributed by atoms with Gasteiger partial charge in [-0.15, -0.1) is 10.2 Å². The fourth-order valence-electron chi connectivity index (χ4n) is 3.27. The van der Waals surface area contributed by atoms with Crippen LogP contribution in [0.2, 0.25) is 0 Å². The summed E-state index contributed by atoms with van der Waals surface area (Å²) in [5.41, 5.74) is 5.68. The summed E-state index contributed by atoms with van der Waals surface area (Å²) in [6.45, 7) is 4.03. The van der Waals surface area contributed by atoms with Gasteiger partial charge in [0.1, 0.15) is 16.8 Å². The molecular weight excluding hydrogens is 364 g/mol. The Morgan fingerprint density at radius 3 is 2.52 bits per heavy atom. The predicted octanol–water partition coefficient (Wildman–Crippen LogP) is 4.55. The molecule has 0 bridgehead atoms. The van der Waals surface area contributed by atoms with Crippen LogP contribution < -0.4 is 10.1 Å². The molecule has 6 nitrogen and oxygen atoms in total. The van der Waals surface area contributed by atoms with E-state index in [1.54, 1.807) is 18.0 Å². The van der Waals surface area contributed by atoms with Crippen LogP contribution >= 0.6 is 0 Å². The maximum atomic E-state index is 12.7. The highest BCUT2D eigenvalue weighted by atomic mass is 16.5. The van der Waals surface area contributed by atoms with Crippen molar-refractivity contribution in [3.63, 3.8) is 0 Å². The second-order valence-electron chi connectivity index (χ2n) is 6.82. The van der Waals surface area contributed by atoms with Crippen molar-refractivity contribution in [2.45, 2.75) is 20.3 Å². The van der Waals surface area contributed by atoms with Crippen molar-refractivity contribution >= 4 is 22.6 Å².